The van der Waals surface area contributed by atoms with E-state index in [1.54, 1.807) is 77.1 Å². The number of amides is 5. The minimum absolute atomic E-state index is 0. The number of hydrogen-bond acceptors (Lipinski definition) is 7. The van der Waals surface area contributed by atoms with Crippen LogP contribution in [0.5, 0.6) is 0 Å². The van der Waals surface area contributed by atoms with Crippen molar-refractivity contribution in [2.45, 2.75) is 44.9 Å². The number of anilines is 3. The maximum absolute atomic E-state index is 13.1. The largest absolute Gasteiger partial charge is 2.00 e. The zero-order valence-electron chi connectivity index (χ0n) is 28.0. The van der Waals surface area contributed by atoms with Crippen molar-refractivity contribution in [3.05, 3.63) is 53.9 Å². The molecule has 261 valence electrons. The van der Waals surface area contributed by atoms with Crippen LogP contribution in [0.15, 0.2) is 36.8 Å². The van der Waals surface area contributed by atoms with Crippen LogP contribution in [0.2, 0.25) is 0 Å². The zero-order chi connectivity index (χ0) is 33.8. The quantitative estimate of drug-likeness (QED) is 0.0702. The monoisotopic (exact) mass is 726 g/mol. The summed E-state index contributed by atoms with van der Waals surface area (Å²) in [6, 6.07) is 4.73. The van der Waals surface area contributed by atoms with Gasteiger partial charge in [-0.3, -0.25) is 29.2 Å². The van der Waals surface area contributed by atoms with Crippen LogP contribution >= 0.6 is 12.4 Å². The fourth-order valence-corrected chi connectivity index (χ4v) is 4.86. The molecule has 0 aliphatic heterocycles. The smallest absolute Gasteiger partial charge is 0.351 e. The molecule has 0 bridgehead atoms. The number of nitrogens with one attached hydrogen (secondary N) is 5. The predicted molar refractivity (Wildman–Crippen MR) is 181 cm³/mol. The Morgan fingerprint density at radius 1 is 0.646 bits per heavy atom. The van der Waals surface area contributed by atoms with E-state index >= 15 is 0 Å². The summed E-state index contributed by atoms with van der Waals surface area (Å²) in [5.41, 5.74) is 3.97. The maximum atomic E-state index is 13.1. The van der Waals surface area contributed by atoms with Crippen molar-refractivity contribution in [3.63, 3.8) is 0 Å². The molecule has 3 aromatic rings. The summed E-state index contributed by atoms with van der Waals surface area (Å²) >= 11 is 0. The summed E-state index contributed by atoms with van der Waals surface area (Å²) in [5.74, 6) is -1.67. The van der Waals surface area contributed by atoms with Gasteiger partial charge in [-0.2, -0.15) is 0 Å². The Kier molecular flexibility index (Phi) is 17.8. The molecule has 3 aromatic heterocycles. The molecule has 0 atom stereocenters. The van der Waals surface area contributed by atoms with Crippen molar-refractivity contribution >= 4 is 59.0 Å². The van der Waals surface area contributed by atoms with Crippen LogP contribution in [0.1, 0.15) is 76.4 Å². The summed E-state index contributed by atoms with van der Waals surface area (Å²) < 4.78 is 4.83. The fraction of sp³-hybridized carbons (Fsp3) is 0.452. The van der Waals surface area contributed by atoms with E-state index in [-0.39, 0.29) is 49.2 Å². The minimum atomic E-state index is -0.424. The van der Waals surface area contributed by atoms with Crippen LogP contribution in [-0.2, 0) is 49.3 Å². The molecular formula is C31H46ClN9O6V+2. The van der Waals surface area contributed by atoms with E-state index in [1.807, 2.05) is 19.0 Å². The number of carbonyl (C=O) groups excluding carboxylic acids is 5. The number of unbranched alkanes of at least 4 members (excludes halogenated alkanes) is 3. The molecular weight excluding hydrogens is 681 g/mol. The molecule has 15 nitrogen and oxygen atoms in total. The van der Waals surface area contributed by atoms with Crippen LogP contribution < -0.4 is 26.7 Å². The number of hydrogen-bond donors (Lipinski definition) is 6. The van der Waals surface area contributed by atoms with E-state index in [0.717, 1.165) is 25.8 Å². The van der Waals surface area contributed by atoms with Gasteiger partial charge in [0.25, 0.3) is 17.7 Å². The van der Waals surface area contributed by atoms with Gasteiger partial charge in [-0.1, -0.05) is 12.8 Å². The van der Waals surface area contributed by atoms with Crippen molar-refractivity contribution in [3.8, 4) is 0 Å². The van der Waals surface area contributed by atoms with Crippen molar-refractivity contribution in [2.75, 3.05) is 43.1 Å². The van der Waals surface area contributed by atoms with Gasteiger partial charge in [0.1, 0.15) is 17.1 Å². The number of rotatable bonds is 17. The number of halogens is 1. The van der Waals surface area contributed by atoms with Gasteiger partial charge in [0, 0.05) is 59.1 Å². The maximum Gasteiger partial charge on any atom is 2.00 e. The summed E-state index contributed by atoms with van der Waals surface area (Å²) in [4.78, 5) is 64.1. The third kappa shape index (κ3) is 12.9. The Balaban J connectivity index is 0.00000576. The number of nitrogens with zero attached hydrogens (tertiary/aromatic N) is 4. The number of carbonyl (C=O) groups is 5. The van der Waals surface area contributed by atoms with Crippen molar-refractivity contribution in [1.82, 2.24) is 29.4 Å². The SMILES string of the molecule is CN(C)CCCNC(=O)c1cc(NC(=O)c2cc(NC(=O)c3cc(NC(=O)CCCCCCC(=O)NO)cn3C)cn2C)cn1C.Cl.[V+2]. The molecule has 5 amide bonds. The molecule has 0 saturated heterocycles. The van der Waals surface area contributed by atoms with Gasteiger partial charge in [0.2, 0.25) is 11.8 Å². The summed E-state index contributed by atoms with van der Waals surface area (Å²) in [7, 11) is 9.05. The second kappa shape index (κ2) is 20.4. The average molecular weight is 727 g/mol. The third-order valence-electron chi connectivity index (χ3n) is 7.26. The van der Waals surface area contributed by atoms with Crippen LogP contribution in [-0.4, -0.2) is 80.5 Å². The first-order chi connectivity index (χ1) is 21.9. The summed E-state index contributed by atoms with van der Waals surface area (Å²) in [6.45, 7) is 1.40. The van der Waals surface area contributed by atoms with E-state index in [1.165, 1.54) is 0 Å². The fourth-order valence-electron chi connectivity index (χ4n) is 4.86. The number of aryl methyl sites for hydroxylation is 3. The van der Waals surface area contributed by atoms with Crippen molar-refractivity contribution in [2.24, 2.45) is 21.1 Å². The molecule has 48 heavy (non-hydrogen) atoms. The van der Waals surface area contributed by atoms with Gasteiger partial charge < -0.3 is 39.9 Å². The third-order valence-corrected chi connectivity index (χ3v) is 7.26. The Hall–Kier alpha value is -4.02. The van der Waals surface area contributed by atoms with Crippen molar-refractivity contribution in [1.29, 1.82) is 0 Å². The predicted octanol–water partition coefficient (Wildman–Crippen LogP) is 3.09. The standard InChI is InChI=1S/C31H45N9O6.ClH.V/c1-37(2)14-10-13-32-29(43)24-16-22(19-38(24)3)34-31(45)26-17-23(20-40(26)5)35-30(44)25-15-21(18-39(25)4)33-27(41)11-8-6-7-9-12-28(42)36-46;;/h15-20,46H,6-14H2,1-5H3,(H,32,43)(H,33,41)(H,34,45)(H,35,44)(H,36,42);1H;/q;;+2. The summed E-state index contributed by atoms with van der Waals surface area (Å²) in [6.07, 6.45) is 9.09. The van der Waals surface area contributed by atoms with Gasteiger partial charge in [0.05, 0.1) is 17.1 Å². The van der Waals surface area contributed by atoms with E-state index in [0.29, 0.717) is 60.0 Å². The van der Waals surface area contributed by atoms with E-state index in [2.05, 4.69) is 21.3 Å². The molecule has 0 aromatic carbocycles. The zero-order valence-corrected chi connectivity index (χ0v) is 30.2. The Labute approximate surface area is 298 Å². The van der Waals surface area contributed by atoms with Gasteiger partial charge in [-0.15, -0.1) is 12.4 Å². The molecule has 1 radical (unpaired) electrons. The van der Waals surface area contributed by atoms with Gasteiger partial charge >= 0.3 is 18.6 Å². The molecule has 0 fully saturated rings. The Morgan fingerprint density at radius 3 is 1.50 bits per heavy atom. The van der Waals surface area contributed by atoms with E-state index < -0.39 is 17.7 Å². The molecule has 0 unspecified atom stereocenters. The normalized spacial score (nSPS) is 10.5. The number of aromatic nitrogens is 3. The van der Waals surface area contributed by atoms with E-state index in [9.17, 15) is 24.0 Å². The van der Waals surface area contributed by atoms with Crippen LogP contribution in [0, 0.1) is 0 Å². The molecule has 0 spiro atoms. The molecule has 17 heteroatoms. The van der Waals surface area contributed by atoms with Gasteiger partial charge in [-0.25, -0.2) is 5.48 Å². The molecule has 0 aliphatic carbocycles. The van der Waals surface area contributed by atoms with Crippen LogP contribution in [0.3, 0.4) is 0 Å². The first kappa shape index (κ1) is 42.0. The van der Waals surface area contributed by atoms with Gasteiger partial charge in [-0.05, 0) is 58.1 Å². The second-order valence-corrected chi connectivity index (χ2v) is 11.5. The second-order valence-electron chi connectivity index (χ2n) is 11.5. The molecule has 0 aliphatic rings. The molecule has 3 rings (SSSR count). The van der Waals surface area contributed by atoms with E-state index in [4.69, 9.17) is 5.21 Å². The molecule has 6 N–H and O–H groups in total. The Morgan fingerprint density at radius 2 is 1.06 bits per heavy atom. The average Bonchev–Trinajstić information content (AvgIpc) is 3.67. The van der Waals surface area contributed by atoms with Crippen molar-refractivity contribution < 1.29 is 47.7 Å². The first-order valence-corrected chi connectivity index (χ1v) is 15.2. The first-order valence-electron chi connectivity index (χ1n) is 15.2. The minimum Gasteiger partial charge on any atom is -0.351 e. The number of hydroxylamine groups is 1. The molecule has 0 saturated carbocycles. The Bertz CT molecular complexity index is 1550. The van der Waals surface area contributed by atoms with Crippen LogP contribution in [0.25, 0.3) is 0 Å². The van der Waals surface area contributed by atoms with Crippen LogP contribution in [0.4, 0.5) is 17.1 Å². The summed E-state index contributed by atoms with van der Waals surface area (Å²) in [5, 5.41) is 19.8. The topological polar surface area (TPSA) is 184 Å². The van der Waals surface area contributed by atoms with Gasteiger partial charge in [0.15, 0.2) is 0 Å². The molecule has 3 heterocycles.